The number of hydrogen-bond donors (Lipinski definition) is 1. The van der Waals surface area contributed by atoms with Gasteiger partial charge in [-0.15, -0.1) is 10.2 Å². The van der Waals surface area contributed by atoms with E-state index in [4.69, 9.17) is 20.8 Å². The molecule has 0 aliphatic rings. The predicted molar refractivity (Wildman–Crippen MR) is 81.5 cm³/mol. The van der Waals surface area contributed by atoms with E-state index in [9.17, 15) is 0 Å². The molecule has 0 unspecified atom stereocenters. The number of nitrogens with zero attached hydrogens (tertiary/aromatic N) is 2. The van der Waals surface area contributed by atoms with Crippen LogP contribution in [0.25, 0.3) is 0 Å². The Morgan fingerprint density at radius 1 is 1.24 bits per heavy atom. The van der Waals surface area contributed by atoms with Crippen LogP contribution in [0.5, 0.6) is 5.75 Å². The molecule has 0 amide bonds. The summed E-state index contributed by atoms with van der Waals surface area (Å²) in [7, 11) is 0. The average Bonchev–Trinajstić information content (AvgIpc) is 2.83. The highest BCUT2D eigenvalue weighted by Gasteiger charge is 2.11. The van der Waals surface area contributed by atoms with Crippen molar-refractivity contribution in [2.45, 2.75) is 39.3 Å². The van der Waals surface area contributed by atoms with E-state index in [1.165, 1.54) is 0 Å². The highest BCUT2D eigenvalue weighted by atomic mass is 35.5. The van der Waals surface area contributed by atoms with E-state index in [2.05, 4.69) is 36.3 Å². The van der Waals surface area contributed by atoms with Gasteiger partial charge in [0.25, 0.3) is 5.89 Å². The summed E-state index contributed by atoms with van der Waals surface area (Å²) in [4.78, 5) is 0. The maximum absolute atomic E-state index is 5.89. The van der Waals surface area contributed by atoms with Crippen LogP contribution in [-0.4, -0.2) is 22.3 Å². The van der Waals surface area contributed by atoms with Gasteiger partial charge in [0, 0.05) is 23.5 Å². The van der Waals surface area contributed by atoms with Crippen LogP contribution in [0.15, 0.2) is 28.7 Å². The SMILES string of the molecule is CC(C)(C)NCCc1nnc(COc2cccc(Cl)c2)o1. The van der Waals surface area contributed by atoms with Gasteiger partial charge in [0.15, 0.2) is 6.61 Å². The average molecular weight is 310 g/mol. The quantitative estimate of drug-likeness (QED) is 0.887. The zero-order valence-corrected chi connectivity index (χ0v) is 13.3. The third-order valence-corrected chi connectivity index (χ3v) is 2.90. The molecule has 0 saturated heterocycles. The molecule has 5 nitrogen and oxygen atoms in total. The smallest absolute Gasteiger partial charge is 0.253 e. The highest BCUT2D eigenvalue weighted by Crippen LogP contribution is 2.18. The molecule has 2 aromatic rings. The minimum Gasteiger partial charge on any atom is -0.484 e. The lowest BCUT2D eigenvalue weighted by molar-refractivity contribution is 0.258. The number of ether oxygens (including phenoxy) is 1. The molecule has 0 aliphatic carbocycles. The Morgan fingerprint density at radius 2 is 2.00 bits per heavy atom. The monoisotopic (exact) mass is 309 g/mol. The lowest BCUT2D eigenvalue weighted by atomic mass is 10.1. The molecule has 0 bridgehead atoms. The Bertz CT molecular complexity index is 578. The molecule has 1 heterocycles. The second-order valence-electron chi connectivity index (χ2n) is 5.76. The van der Waals surface area contributed by atoms with Gasteiger partial charge in [0.2, 0.25) is 5.89 Å². The van der Waals surface area contributed by atoms with E-state index in [1.807, 2.05) is 12.1 Å². The molecule has 6 heteroatoms. The first-order valence-corrected chi connectivity index (χ1v) is 7.25. The van der Waals surface area contributed by atoms with Gasteiger partial charge in [-0.1, -0.05) is 17.7 Å². The predicted octanol–water partition coefficient (Wildman–Crippen LogP) is 3.23. The molecule has 0 spiro atoms. The zero-order chi connectivity index (χ0) is 15.3. The van der Waals surface area contributed by atoms with E-state index < -0.39 is 0 Å². The molecule has 0 radical (unpaired) electrons. The molecule has 114 valence electrons. The van der Waals surface area contributed by atoms with Crippen molar-refractivity contribution in [1.82, 2.24) is 15.5 Å². The van der Waals surface area contributed by atoms with Crippen molar-refractivity contribution in [3.05, 3.63) is 41.1 Å². The van der Waals surface area contributed by atoms with Crippen LogP contribution >= 0.6 is 11.6 Å². The zero-order valence-electron chi connectivity index (χ0n) is 12.5. The molecule has 0 fully saturated rings. The summed E-state index contributed by atoms with van der Waals surface area (Å²) in [6, 6.07) is 7.19. The van der Waals surface area contributed by atoms with Crippen LogP contribution < -0.4 is 10.1 Å². The highest BCUT2D eigenvalue weighted by molar-refractivity contribution is 6.30. The summed E-state index contributed by atoms with van der Waals surface area (Å²) in [5.41, 5.74) is 0.0819. The van der Waals surface area contributed by atoms with Gasteiger partial charge in [-0.2, -0.15) is 0 Å². The van der Waals surface area contributed by atoms with E-state index in [-0.39, 0.29) is 12.1 Å². The molecule has 21 heavy (non-hydrogen) atoms. The van der Waals surface area contributed by atoms with Gasteiger partial charge in [0.05, 0.1) is 0 Å². The van der Waals surface area contributed by atoms with Crippen LogP contribution in [-0.2, 0) is 13.0 Å². The number of rotatable bonds is 6. The third-order valence-electron chi connectivity index (χ3n) is 2.66. The van der Waals surface area contributed by atoms with Crippen LogP contribution in [0, 0.1) is 0 Å². The number of nitrogens with one attached hydrogen (secondary N) is 1. The molecule has 1 aromatic heterocycles. The molecular formula is C15H20ClN3O2. The van der Waals surface area contributed by atoms with E-state index in [0.717, 1.165) is 6.54 Å². The van der Waals surface area contributed by atoms with Crippen LogP contribution in [0.2, 0.25) is 5.02 Å². The number of aromatic nitrogens is 2. The fraction of sp³-hybridized carbons (Fsp3) is 0.467. The summed E-state index contributed by atoms with van der Waals surface area (Å²) in [6.07, 6.45) is 0.696. The van der Waals surface area contributed by atoms with Crippen molar-refractivity contribution in [2.24, 2.45) is 0 Å². The molecule has 1 N–H and O–H groups in total. The molecule has 0 aliphatic heterocycles. The number of halogens is 1. The first kappa shape index (κ1) is 15.8. The second-order valence-corrected chi connectivity index (χ2v) is 6.20. The first-order chi connectivity index (χ1) is 9.92. The van der Waals surface area contributed by atoms with E-state index in [0.29, 0.717) is 29.0 Å². The second kappa shape index (κ2) is 6.91. The summed E-state index contributed by atoms with van der Waals surface area (Å²) < 4.78 is 11.1. The van der Waals surface area contributed by atoms with Gasteiger partial charge in [-0.25, -0.2) is 0 Å². The van der Waals surface area contributed by atoms with Crippen molar-refractivity contribution >= 4 is 11.6 Å². The maximum atomic E-state index is 5.89. The topological polar surface area (TPSA) is 60.2 Å². The standard InChI is InChI=1S/C15H20ClN3O2/c1-15(2,3)17-8-7-13-18-19-14(21-13)10-20-12-6-4-5-11(16)9-12/h4-6,9,17H,7-8,10H2,1-3H3. The summed E-state index contributed by atoms with van der Waals surface area (Å²) >= 11 is 5.89. The Hall–Kier alpha value is -1.59. The molecule has 0 atom stereocenters. The van der Waals surface area contributed by atoms with Gasteiger partial charge in [-0.3, -0.25) is 0 Å². The summed E-state index contributed by atoms with van der Waals surface area (Å²) in [5, 5.41) is 12.0. The fourth-order valence-electron chi connectivity index (χ4n) is 1.69. The van der Waals surface area contributed by atoms with Crippen LogP contribution in [0.4, 0.5) is 0 Å². The molecule has 0 saturated carbocycles. The van der Waals surface area contributed by atoms with Crippen molar-refractivity contribution in [1.29, 1.82) is 0 Å². The van der Waals surface area contributed by atoms with Crippen molar-refractivity contribution in [3.8, 4) is 5.75 Å². The molecule has 2 rings (SSSR count). The van der Waals surface area contributed by atoms with Crippen molar-refractivity contribution < 1.29 is 9.15 Å². The maximum Gasteiger partial charge on any atom is 0.253 e. The van der Waals surface area contributed by atoms with Crippen molar-refractivity contribution in [3.63, 3.8) is 0 Å². The van der Waals surface area contributed by atoms with Crippen molar-refractivity contribution in [2.75, 3.05) is 6.54 Å². The lowest BCUT2D eigenvalue weighted by Gasteiger charge is -2.19. The fourth-order valence-corrected chi connectivity index (χ4v) is 1.87. The third kappa shape index (κ3) is 5.73. The van der Waals surface area contributed by atoms with Gasteiger partial charge in [0.1, 0.15) is 5.75 Å². The largest absolute Gasteiger partial charge is 0.484 e. The van der Waals surface area contributed by atoms with Crippen LogP contribution in [0.3, 0.4) is 0 Å². The van der Waals surface area contributed by atoms with E-state index in [1.54, 1.807) is 12.1 Å². The van der Waals surface area contributed by atoms with Gasteiger partial charge in [-0.05, 0) is 39.0 Å². The number of hydrogen-bond acceptors (Lipinski definition) is 5. The lowest BCUT2D eigenvalue weighted by Crippen LogP contribution is -2.37. The summed E-state index contributed by atoms with van der Waals surface area (Å²) in [5.74, 6) is 1.74. The molecule has 1 aromatic carbocycles. The molecular weight excluding hydrogens is 290 g/mol. The normalized spacial score (nSPS) is 11.6. The minimum absolute atomic E-state index is 0.0819. The first-order valence-electron chi connectivity index (χ1n) is 6.87. The number of benzene rings is 1. The Morgan fingerprint density at radius 3 is 2.71 bits per heavy atom. The van der Waals surface area contributed by atoms with Gasteiger partial charge >= 0.3 is 0 Å². The summed E-state index contributed by atoms with van der Waals surface area (Å²) in [6.45, 7) is 7.38. The Kier molecular flexibility index (Phi) is 5.20. The Labute approximate surface area is 129 Å². The Balaban J connectivity index is 1.80. The van der Waals surface area contributed by atoms with E-state index >= 15 is 0 Å². The van der Waals surface area contributed by atoms with Gasteiger partial charge < -0.3 is 14.5 Å². The van der Waals surface area contributed by atoms with Crippen LogP contribution in [0.1, 0.15) is 32.6 Å². The minimum atomic E-state index is 0.0819.